The van der Waals surface area contributed by atoms with E-state index in [-0.39, 0.29) is 37.4 Å². The number of rotatable bonds is 3. The maximum Gasteiger partial charge on any atom is 0.242 e. The lowest BCUT2D eigenvalue weighted by Gasteiger charge is -2.22. The lowest BCUT2D eigenvalue weighted by Crippen LogP contribution is -2.40. The molecule has 2 amide bonds. The van der Waals surface area contributed by atoms with Crippen LogP contribution < -0.4 is 0 Å². The molecule has 1 heterocycles. The molecule has 1 N–H and O–H groups in total. The fourth-order valence-corrected chi connectivity index (χ4v) is 2.82. The SMILES string of the molecule is Cc1ccc(CN2CC(O)CN(C(=O)C3CC3)CC2=O)cc1. The lowest BCUT2D eigenvalue weighted by atomic mass is 10.1. The molecule has 2 fully saturated rings. The molecule has 1 unspecified atom stereocenters. The summed E-state index contributed by atoms with van der Waals surface area (Å²) >= 11 is 0. The molecule has 1 saturated heterocycles. The van der Waals surface area contributed by atoms with Gasteiger partial charge in [-0.2, -0.15) is 0 Å². The summed E-state index contributed by atoms with van der Waals surface area (Å²) in [6.07, 6.45) is 1.14. The van der Waals surface area contributed by atoms with Crippen LogP contribution in [0.25, 0.3) is 0 Å². The van der Waals surface area contributed by atoms with E-state index in [1.807, 2.05) is 31.2 Å². The molecule has 5 nitrogen and oxygen atoms in total. The highest BCUT2D eigenvalue weighted by Crippen LogP contribution is 2.31. The van der Waals surface area contributed by atoms with Crippen LogP contribution in [0.4, 0.5) is 0 Å². The summed E-state index contributed by atoms with van der Waals surface area (Å²) in [6, 6.07) is 8.01. The average molecular weight is 302 g/mol. The number of nitrogens with zero attached hydrogens (tertiary/aromatic N) is 2. The highest BCUT2D eigenvalue weighted by atomic mass is 16.3. The van der Waals surface area contributed by atoms with Gasteiger partial charge in [-0.25, -0.2) is 0 Å². The Morgan fingerprint density at radius 2 is 1.91 bits per heavy atom. The fraction of sp³-hybridized carbons (Fsp3) is 0.529. The third-order valence-electron chi connectivity index (χ3n) is 4.27. The van der Waals surface area contributed by atoms with Crippen molar-refractivity contribution in [2.45, 2.75) is 32.4 Å². The molecule has 1 aliphatic carbocycles. The van der Waals surface area contributed by atoms with Crippen molar-refractivity contribution in [1.29, 1.82) is 0 Å². The molecule has 0 radical (unpaired) electrons. The lowest BCUT2D eigenvalue weighted by molar-refractivity contribution is -0.139. The Morgan fingerprint density at radius 1 is 1.23 bits per heavy atom. The predicted molar refractivity (Wildman–Crippen MR) is 81.9 cm³/mol. The van der Waals surface area contributed by atoms with Crippen LogP contribution in [0, 0.1) is 12.8 Å². The molecule has 1 atom stereocenters. The minimum absolute atomic E-state index is 0.0181. The molecule has 0 aromatic heterocycles. The summed E-state index contributed by atoms with van der Waals surface area (Å²) < 4.78 is 0. The summed E-state index contributed by atoms with van der Waals surface area (Å²) in [5.74, 6) is -0.000593. The van der Waals surface area contributed by atoms with Crippen LogP contribution in [-0.2, 0) is 16.1 Å². The van der Waals surface area contributed by atoms with Gasteiger partial charge in [0, 0.05) is 25.6 Å². The number of aryl methyl sites for hydroxylation is 1. The Balaban J connectivity index is 1.68. The Labute approximate surface area is 130 Å². The van der Waals surface area contributed by atoms with Crippen molar-refractivity contribution < 1.29 is 14.7 Å². The van der Waals surface area contributed by atoms with Crippen LogP contribution in [-0.4, -0.2) is 52.5 Å². The Kier molecular flexibility index (Phi) is 4.16. The van der Waals surface area contributed by atoms with Gasteiger partial charge in [-0.1, -0.05) is 29.8 Å². The standard InChI is InChI=1S/C17H22N2O3/c1-12-2-4-13(5-3-12)8-18-9-15(20)10-19(11-16(18)21)17(22)14-6-7-14/h2-5,14-15,20H,6-11H2,1H3. The van der Waals surface area contributed by atoms with Gasteiger partial charge in [0.1, 0.15) is 0 Å². The molecule has 22 heavy (non-hydrogen) atoms. The number of carbonyl (C=O) groups excluding carboxylic acids is 2. The number of hydrogen-bond donors (Lipinski definition) is 1. The zero-order chi connectivity index (χ0) is 15.7. The Morgan fingerprint density at radius 3 is 2.55 bits per heavy atom. The van der Waals surface area contributed by atoms with Crippen molar-refractivity contribution in [2.75, 3.05) is 19.6 Å². The maximum absolute atomic E-state index is 12.4. The molecule has 3 rings (SSSR count). The van der Waals surface area contributed by atoms with E-state index in [0.29, 0.717) is 6.54 Å². The van der Waals surface area contributed by atoms with Gasteiger partial charge in [-0.15, -0.1) is 0 Å². The van der Waals surface area contributed by atoms with Crippen LogP contribution in [0.2, 0.25) is 0 Å². The maximum atomic E-state index is 12.4. The molecular formula is C17H22N2O3. The van der Waals surface area contributed by atoms with Crippen LogP contribution >= 0.6 is 0 Å². The first-order chi connectivity index (χ1) is 10.5. The van der Waals surface area contributed by atoms with Crippen molar-refractivity contribution in [3.63, 3.8) is 0 Å². The molecule has 1 aromatic carbocycles. The van der Waals surface area contributed by atoms with Crippen molar-refractivity contribution in [1.82, 2.24) is 9.80 Å². The summed E-state index contributed by atoms with van der Waals surface area (Å²) in [4.78, 5) is 27.7. The van der Waals surface area contributed by atoms with Crippen LogP contribution in [0.15, 0.2) is 24.3 Å². The van der Waals surface area contributed by atoms with Gasteiger partial charge in [0.2, 0.25) is 11.8 Å². The van der Waals surface area contributed by atoms with E-state index in [2.05, 4.69) is 0 Å². The van der Waals surface area contributed by atoms with Crippen LogP contribution in [0.1, 0.15) is 24.0 Å². The van der Waals surface area contributed by atoms with Gasteiger partial charge < -0.3 is 14.9 Å². The van der Waals surface area contributed by atoms with Gasteiger partial charge in [-0.05, 0) is 25.3 Å². The minimum Gasteiger partial charge on any atom is -0.389 e. The van der Waals surface area contributed by atoms with Crippen LogP contribution in [0.5, 0.6) is 0 Å². The third-order valence-corrected chi connectivity index (χ3v) is 4.27. The van der Waals surface area contributed by atoms with Gasteiger partial charge in [0.05, 0.1) is 12.6 Å². The number of carbonyl (C=O) groups is 2. The van der Waals surface area contributed by atoms with Gasteiger partial charge in [-0.3, -0.25) is 9.59 Å². The predicted octanol–water partition coefficient (Wildman–Crippen LogP) is 0.937. The molecule has 1 aromatic rings. The minimum atomic E-state index is -0.681. The van der Waals surface area contributed by atoms with E-state index in [9.17, 15) is 14.7 Å². The summed E-state index contributed by atoms with van der Waals surface area (Å²) in [5, 5.41) is 10.1. The molecule has 1 saturated carbocycles. The Hall–Kier alpha value is -1.88. The first-order valence-electron chi connectivity index (χ1n) is 7.83. The van der Waals surface area contributed by atoms with Crippen molar-refractivity contribution in [2.24, 2.45) is 5.92 Å². The quantitative estimate of drug-likeness (QED) is 0.904. The van der Waals surface area contributed by atoms with Gasteiger partial charge >= 0.3 is 0 Å². The first-order valence-corrected chi connectivity index (χ1v) is 7.83. The van der Waals surface area contributed by atoms with Crippen molar-refractivity contribution in [3.05, 3.63) is 35.4 Å². The Bertz CT molecular complexity index is 566. The molecule has 1 aliphatic heterocycles. The third kappa shape index (κ3) is 3.47. The number of hydrogen-bond acceptors (Lipinski definition) is 3. The van der Waals surface area contributed by atoms with Crippen molar-refractivity contribution >= 4 is 11.8 Å². The summed E-state index contributed by atoms with van der Waals surface area (Å²) in [5.41, 5.74) is 2.21. The van der Waals surface area contributed by atoms with E-state index in [1.54, 1.807) is 4.90 Å². The molecule has 2 aliphatic rings. The van der Waals surface area contributed by atoms with E-state index in [1.165, 1.54) is 10.5 Å². The highest BCUT2D eigenvalue weighted by Gasteiger charge is 2.37. The van der Waals surface area contributed by atoms with Gasteiger partial charge in [0.15, 0.2) is 0 Å². The van der Waals surface area contributed by atoms with E-state index >= 15 is 0 Å². The van der Waals surface area contributed by atoms with Crippen molar-refractivity contribution in [3.8, 4) is 0 Å². The van der Waals surface area contributed by atoms with Crippen LogP contribution in [0.3, 0.4) is 0 Å². The smallest absolute Gasteiger partial charge is 0.242 e. The second kappa shape index (κ2) is 6.08. The second-order valence-electron chi connectivity index (χ2n) is 6.41. The van der Waals surface area contributed by atoms with E-state index < -0.39 is 6.10 Å². The summed E-state index contributed by atoms with van der Waals surface area (Å²) in [6.45, 7) is 3.11. The molecular weight excluding hydrogens is 280 g/mol. The highest BCUT2D eigenvalue weighted by molar-refractivity contribution is 5.87. The van der Waals surface area contributed by atoms with Gasteiger partial charge in [0.25, 0.3) is 0 Å². The molecule has 0 bridgehead atoms. The number of benzene rings is 1. The normalized spacial score (nSPS) is 22.6. The number of amides is 2. The molecule has 0 spiro atoms. The zero-order valence-electron chi connectivity index (χ0n) is 12.9. The van der Waals surface area contributed by atoms with E-state index in [4.69, 9.17) is 0 Å². The monoisotopic (exact) mass is 302 g/mol. The second-order valence-corrected chi connectivity index (χ2v) is 6.41. The molecule has 118 valence electrons. The summed E-state index contributed by atoms with van der Waals surface area (Å²) in [7, 11) is 0. The number of β-amino-alcohol motifs (C(OH)–C–C–N with tert-alkyl or cyclic N) is 1. The number of aliphatic hydroxyl groups is 1. The zero-order valence-corrected chi connectivity index (χ0v) is 12.9. The number of aliphatic hydroxyl groups excluding tert-OH is 1. The first kappa shape index (κ1) is 15.0. The molecule has 5 heteroatoms. The fourth-order valence-electron chi connectivity index (χ4n) is 2.82. The topological polar surface area (TPSA) is 60.9 Å². The van der Waals surface area contributed by atoms with E-state index in [0.717, 1.165) is 18.4 Å². The average Bonchev–Trinajstić information content (AvgIpc) is 3.31. The largest absolute Gasteiger partial charge is 0.389 e.